The normalized spacial score (nSPS) is 11.2. The SMILES string of the molecule is O=S(=O)(F)Oc1cc(CS)cc(B(O)O)c1. The van der Waals surface area contributed by atoms with Gasteiger partial charge in [0.05, 0.1) is 0 Å². The highest BCUT2D eigenvalue weighted by molar-refractivity contribution is 7.81. The average molecular weight is 266 g/mol. The van der Waals surface area contributed by atoms with Crippen molar-refractivity contribution in [3.63, 3.8) is 0 Å². The van der Waals surface area contributed by atoms with Crippen LogP contribution in [0, 0.1) is 0 Å². The molecule has 0 bridgehead atoms. The second kappa shape index (κ2) is 5.04. The zero-order valence-corrected chi connectivity index (χ0v) is 9.58. The molecule has 0 atom stereocenters. The van der Waals surface area contributed by atoms with Gasteiger partial charge in [-0.3, -0.25) is 0 Å². The van der Waals surface area contributed by atoms with Crippen molar-refractivity contribution in [3.8, 4) is 5.75 Å². The van der Waals surface area contributed by atoms with Crippen molar-refractivity contribution in [2.45, 2.75) is 5.75 Å². The van der Waals surface area contributed by atoms with E-state index in [-0.39, 0.29) is 17.0 Å². The summed E-state index contributed by atoms with van der Waals surface area (Å²) in [5.74, 6) is -0.124. The topological polar surface area (TPSA) is 83.8 Å². The van der Waals surface area contributed by atoms with Crippen molar-refractivity contribution >= 4 is 35.7 Å². The van der Waals surface area contributed by atoms with Gasteiger partial charge in [0.2, 0.25) is 0 Å². The van der Waals surface area contributed by atoms with Crippen LogP contribution in [0.25, 0.3) is 0 Å². The van der Waals surface area contributed by atoms with Crippen LogP contribution >= 0.6 is 12.6 Å². The van der Waals surface area contributed by atoms with E-state index in [9.17, 15) is 12.3 Å². The highest BCUT2D eigenvalue weighted by Crippen LogP contribution is 2.16. The standard InChI is InChI=1S/C7H8BFO5S2/c9-16(12,13)14-7-2-5(4-15)1-6(3-7)8(10)11/h1-3,10-11,15H,4H2. The molecule has 1 rings (SSSR count). The highest BCUT2D eigenvalue weighted by Gasteiger charge is 2.16. The Labute approximate surface area is 97.8 Å². The molecule has 0 heterocycles. The van der Waals surface area contributed by atoms with E-state index in [2.05, 4.69) is 16.8 Å². The predicted octanol–water partition coefficient (Wildman–Crippen LogP) is -0.611. The van der Waals surface area contributed by atoms with Crippen LogP contribution in [-0.4, -0.2) is 25.6 Å². The molecular weight excluding hydrogens is 258 g/mol. The van der Waals surface area contributed by atoms with Crippen molar-refractivity contribution < 1.29 is 26.5 Å². The number of rotatable bonds is 4. The first-order chi connectivity index (χ1) is 7.31. The molecule has 0 aliphatic rings. The number of hydrogen-bond acceptors (Lipinski definition) is 6. The third kappa shape index (κ3) is 4.01. The third-order valence-electron chi connectivity index (χ3n) is 1.67. The van der Waals surface area contributed by atoms with Crippen molar-refractivity contribution in [2.24, 2.45) is 0 Å². The summed E-state index contributed by atoms with van der Waals surface area (Å²) in [6.07, 6.45) is 0. The van der Waals surface area contributed by atoms with Crippen LogP contribution in [-0.2, 0) is 16.3 Å². The molecule has 0 spiro atoms. The number of thiol groups is 1. The molecule has 0 unspecified atom stereocenters. The summed E-state index contributed by atoms with van der Waals surface area (Å²) in [5.41, 5.74) is 0.456. The van der Waals surface area contributed by atoms with Gasteiger partial charge in [-0.05, 0) is 23.2 Å². The van der Waals surface area contributed by atoms with Gasteiger partial charge in [0.1, 0.15) is 5.75 Å². The van der Waals surface area contributed by atoms with Crippen LogP contribution in [0.4, 0.5) is 3.89 Å². The van der Waals surface area contributed by atoms with Gasteiger partial charge in [0.25, 0.3) is 0 Å². The Kier molecular flexibility index (Phi) is 4.19. The van der Waals surface area contributed by atoms with Crippen LogP contribution in [0.5, 0.6) is 5.75 Å². The molecule has 0 amide bonds. The summed E-state index contributed by atoms with van der Waals surface area (Å²) in [7, 11) is -6.93. The van der Waals surface area contributed by atoms with Gasteiger partial charge >= 0.3 is 17.6 Å². The fraction of sp³-hybridized carbons (Fsp3) is 0.143. The Bertz CT molecular complexity index is 476. The van der Waals surface area contributed by atoms with E-state index in [0.717, 1.165) is 6.07 Å². The van der Waals surface area contributed by atoms with Gasteiger partial charge in [-0.2, -0.15) is 21.0 Å². The van der Waals surface area contributed by atoms with Crippen LogP contribution in [0.15, 0.2) is 18.2 Å². The minimum absolute atomic E-state index is 0.00907. The van der Waals surface area contributed by atoms with Crippen molar-refractivity contribution in [3.05, 3.63) is 23.8 Å². The lowest BCUT2D eigenvalue weighted by Gasteiger charge is -2.06. The number of halogens is 1. The second-order valence-corrected chi connectivity index (χ2v) is 4.19. The van der Waals surface area contributed by atoms with Gasteiger partial charge < -0.3 is 14.2 Å². The van der Waals surface area contributed by atoms with Crippen molar-refractivity contribution in [1.82, 2.24) is 0 Å². The van der Waals surface area contributed by atoms with E-state index in [0.29, 0.717) is 5.56 Å². The number of hydrogen-bond donors (Lipinski definition) is 3. The molecule has 5 nitrogen and oxygen atoms in total. The average Bonchev–Trinajstić information content (AvgIpc) is 2.14. The molecule has 88 valence electrons. The minimum atomic E-state index is -5.13. The summed E-state index contributed by atoms with van der Waals surface area (Å²) in [6, 6.07) is 3.63. The fourth-order valence-corrected chi connectivity index (χ4v) is 1.60. The third-order valence-corrected chi connectivity index (χ3v) is 2.42. The molecule has 0 radical (unpaired) electrons. The van der Waals surface area contributed by atoms with E-state index in [4.69, 9.17) is 10.0 Å². The maximum Gasteiger partial charge on any atom is 0.488 e. The quantitative estimate of drug-likeness (QED) is 0.384. The maximum absolute atomic E-state index is 12.2. The summed E-state index contributed by atoms with van der Waals surface area (Å²) >= 11 is 3.92. The molecule has 0 saturated heterocycles. The fourth-order valence-electron chi connectivity index (χ4n) is 1.09. The predicted molar refractivity (Wildman–Crippen MR) is 59.6 cm³/mol. The van der Waals surface area contributed by atoms with Gasteiger partial charge in [-0.25, -0.2) is 0 Å². The highest BCUT2D eigenvalue weighted by atomic mass is 32.3. The molecule has 9 heteroatoms. The van der Waals surface area contributed by atoms with Crippen LogP contribution < -0.4 is 9.65 Å². The first-order valence-corrected chi connectivity index (χ1v) is 6.01. The van der Waals surface area contributed by atoms with Crippen molar-refractivity contribution in [2.75, 3.05) is 0 Å². The lowest BCUT2D eigenvalue weighted by molar-refractivity contribution is 0.423. The van der Waals surface area contributed by atoms with Gasteiger partial charge in [0, 0.05) is 5.75 Å². The first kappa shape index (κ1) is 13.3. The molecule has 0 aliphatic heterocycles. The molecule has 0 aliphatic carbocycles. The molecular formula is C7H8BFO5S2. The van der Waals surface area contributed by atoms with Crippen LogP contribution in [0.3, 0.4) is 0 Å². The monoisotopic (exact) mass is 266 g/mol. The Morgan fingerprint density at radius 3 is 2.44 bits per heavy atom. The van der Waals surface area contributed by atoms with Gasteiger partial charge in [-0.1, -0.05) is 9.95 Å². The van der Waals surface area contributed by atoms with Gasteiger partial charge in [-0.15, -0.1) is 0 Å². The Morgan fingerprint density at radius 2 is 2.00 bits per heavy atom. The first-order valence-electron chi connectivity index (χ1n) is 4.07. The molecule has 1 aromatic rings. The van der Waals surface area contributed by atoms with Crippen molar-refractivity contribution in [1.29, 1.82) is 0 Å². The Balaban J connectivity index is 3.14. The van der Waals surface area contributed by atoms with E-state index in [1.54, 1.807) is 0 Å². The lowest BCUT2D eigenvalue weighted by atomic mass is 9.79. The van der Waals surface area contributed by atoms with E-state index < -0.39 is 17.6 Å². The zero-order chi connectivity index (χ0) is 12.3. The molecule has 16 heavy (non-hydrogen) atoms. The lowest BCUT2D eigenvalue weighted by Crippen LogP contribution is -2.30. The summed E-state index contributed by atoms with van der Waals surface area (Å²) < 4.78 is 36.7. The molecule has 2 N–H and O–H groups in total. The zero-order valence-electron chi connectivity index (χ0n) is 7.87. The molecule has 0 saturated carbocycles. The number of benzene rings is 1. The largest absolute Gasteiger partial charge is 0.488 e. The summed E-state index contributed by atoms with van der Waals surface area (Å²) in [6.45, 7) is 0. The second-order valence-electron chi connectivity index (χ2n) is 2.92. The summed E-state index contributed by atoms with van der Waals surface area (Å²) in [4.78, 5) is 0. The minimum Gasteiger partial charge on any atom is -0.423 e. The summed E-state index contributed by atoms with van der Waals surface area (Å²) in [5, 5.41) is 17.8. The van der Waals surface area contributed by atoms with Crippen LogP contribution in [0.2, 0.25) is 0 Å². The molecule has 0 fully saturated rings. The van der Waals surface area contributed by atoms with Crippen LogP contribution in [0.1, 0.15) is 5.56 Å². The van der Waals surface area contributed by atoms with E-state index in [1.165, 1.54) is 12.1 Å². The molecule has 1 aromatic carbocycles. The Morgan fingerprint density at radius 1 is 1.38 bits per heavy atom. The Hall–Kier alpha value is -0.765. The van der Waals surface area contributed by atoms with Gasteiger partial charge in [0.15, 0.2) is 0 Å². The smallest absolute Gasteiger partial charge is 0.423 e. The molecule has 0 aromatic heterocycles. The van der Waals surface area contributed by atoms with E-state index >= 15 is 0 Å². The maximum atomic E-state index is 12.2. The van der Waals surface area contributed by atoms with E-state index in [1.807, 2.05) is 0 Å².